The van der Waals surface area contributed by atoms with Crippen LogP contribution in [0.2, 0.25) is 0 Å². The summed E-state index contributed by atoms with van der Waals surface area (Å²) < 4.78 is 26.4. The number of rotatable bonds is 3. The average Bonchev–Trinajstić information content (AvgIpc) is 2.42. The Hall–Kier alpha value is -2.30. The zero-order valence-electron chi connectivity index (χ0n) is 10.6. The van der Waals surface area contributed by atoms with Gasteiger partial charge in [0.05, 0.1) is 5.56 Å². The maximum atomic E-state index is 13.4. The molecule has 1 aromatic carbocycles. The van der Waals surface area contributed by atoms with Crippen molar-refractivity contribution in [2.24, 2.45) is 0 Å². The lowest BCUT2D eigenvalue weighted by atomic mass is 9.77. The lowest BCUT2D eigenvalue weighted by Crippen LogP contribution is -2.33. The molecule has 3 nitrogen and oxygen atoms in total. The van der Waals surface area contributed by atoms with Gasteiger partial charge in [0.25, 0.3) is 5.91 Å². The van der Waals surface area contributed by atoms with Gasteiger partial charge in [-0.3, -0.25) is 4.79 Å². The fourth-order valence-electron chi connectivity index (χ4n) is 2.45. The zero-order valence-corrected chi connectivity index (χ0v) is 10.6. The molecule has 0 aliphatic heterocycles. The van der Waals surface area contributed by atoms with Crippen molar-refractivity contribution < 1.29 is 13.6 Å². The van der Waals surface area contributed by atoms with Crippen LogP contribution in [0.15, 0.2) is 36.5 Å². The number of hydrogen-bond donors (Lipinski definition) is 1. The van der Waals surface area contributed by atoms with Crippen LogP contribution in [-0.2, 0) is 6.42 Å². The number of fused-ring (bicyclic) bond motifs is 1. The molecule has 1 aromatic heterocycles. The molecular weight excluding hydrogens is 262 g/mol. The molecular formula is C15H12F2N2O. The number of carbonyl (C=O) groups is 1. The van der Waals surface area contributed by atoms with Crippen molar-refractivity contribution in [3.05, 3.63) is 65.0 Å². The number of halogens is 2. The monoisotopic (exact) mass is 274 g/mol. The first-order valence-corrected chi connectivity index (χ1v) is 6.33. The van der Waals surface area contributed by atoms with E-state index in [-0.39, 0.29) is 11.5 Å². The van der Waals surface area contributed by atoms with Gasteiger partial charge in [0.1, 0.15) is 0 Å². The molecule has 20 heavy (non-hydrogen) atoms. The molecule has 5 heteroatoms. The first-order valence-electron chi connectivity index (χ1n) is 6.33. The summed E-state index contributed by atoms with van der Waals surface area (Å²) in [4.78, 5) is 15.0. The number of nitrogens with one attached hydrogen (secondary N) is 1. The molecule has 1 atom stereocenters. The molecule has 1 N–H and O–H groups in total. The smallest absolute Gasteiger partial charge is 0.254 e. The molecule has 1 heterocycles. The highest BCUT2D eigenvalue weighted by atomic mass is 19.2. The van der Waals surface area contributed by atoms with Crippen molar-refractivity contribution in [3.8, 4) is 0 Å². The van der Waals surface area contributed by atoms with E-state index in [1.54, 1.807) is 0 Å². The van der Waals surface area contributed by atoms with E-state index < -0.39 is 17.7 Å². The quantitative estimate of drug-likeness (QED) is 0.873. The van der Waals surface area contributed by atoms with Crippen molar-refractivity contribution in [1.29, 1.82) is 0 Å². The second kappa shape index (κ2) is 5.00. The summed E-state index contributed by atoms with van der Waals surface area (Å²) >= 11 is 0. The van der Waals surface area contributed by atoms with Crippen LogP contribution in [0, 0.1) is 11.8 Å². The van der Waals surface area contributed by atoms with Gasteiger partial charge in [0, 0.05) is 18.7 Å². The van der Waals surface area contributed by atoms with E-state index in [2.05, 4.69) is 10.3 Å². The Balaban J connectivity index is 1.65. The molecule has 0 fully saturated rings. The highest BCUT2D eigenvalue weighted by Gasteiger charge is 2.26. The fraction of sp³-hybridized carbons (Fsp3) is 0.200. The Bertz CT molecular complexity index is 673. The van der Waals surface area contributed by atoms with Crippen LogP contribution in [-0.4, -0.2) is 17.4 Å². The van der Waals surface area contributed by atoms with E-state index in [4.69, 9.17) is 0 Å². The van der Waals surface area contributed by atoms with Crippen LogP contribution in [0.1, 0.15) is 27.4 Å². The van der Waals surface area contributed by atoms with Gasteiger partial charge >= 0.3 is 0 Å². The van der Waals surface area contributed by atoms with Crippen molar-refractivity contribution in [1.82, 2.24) is 10.3 Å². The van der Waals surface area contributed by atoms with E-state index in [0.29, 0.717) is 6.54 Å². The second-order valence-electron chi connectivity index (χ2n) is 4.77. The highest BCUT2D eigenvalue weighted by molar-refractivity contribution is 5.94. The largest absolute Gasteiger partial charge is 0.351 e. The van der Waals surface area contributed by atoms with Crippen molar-refractivity contribution in [2.75, 3.05) is 6.54 Å². The van der Waals surface area contributed by atoms with Gasteiger partial charge in [0.2, 0.25) is 5.95 Å². The van der Waals surface area contributed by atoms with Crippen LogP contribution in [0.3, 0.4) is 0 Å². The van der Waals surface area contributed by atoms with Gasteiger partial charge in [-0.25, -0.2) is 9.37 Å². The minimum atomic E-state index is -1.26. The first kappa shape index (κ1) is 12.7. The third kappa shape index (κ3) is 2.15. The number of hydrogen-bond acceptors (Lipinski definition) is 2. The average molecular weight is 274 g/mol. The number of nitrogens with zero attached hydrogens (tertiary/aromatic N) is 1. The predicted molar refractivity (Wildman–Crippen MR) is 69.4 cm³/mol. The summed E-state index contributed by atoms with van der Waals surface area (Å²) in [6, 6.07) is 9.16. The van der Waals surface area contributed by atoms with Crippen molar-refractivity contribution in [2.45, 2.75) is 12.3 Å². The minimum absolute atomic E-state index is 0.241. The Kier molecular flexibility index (Phi) is 3.18. The van der Waals surface area contributed by atoms with Gasteiger partial charge < -0.3 is 5.32 Å². The van der Waals surface area contributed by atoms with Crippen LogP contribution >= 0.6 is 0 Å². The van der Waals surface area contributed by atoms with E-state index in [1.807, 2.05) is 24.3 Å². The molecule has 1 unspecified atom stereocenters. The first-order chi connectivity index (χ1) is 9.66. The lowest BCUT2D eigenvalue weighted by molar-refractivity contribution is 0.0944. The lowest BCUT2D eigenvalue weighted by Gasteiger charge is -2.30. The topological polar surface area (TPSA) is 42.0 Å². The Morgan fingerprint density at radius 2 is 2.10 bits per heavy atom. The fourth-order valence-corrected chi connectivity index (χ4v) is 2.45. The second-order valence-corrected chi connectivity index (χ2v) is 4.77. The van der Waals surface area contributed by atoms with Crippen molar-refractivity contribution >= 4 is 5.91 Å². The highest BCUT2D eigenvalue weighted by Crippen LogP contribution is 2.34. The Morgan fingerprint density at radius 1 is 1.30 bits per heavy atom. The van der Waals surface area contributed by atoms with E-state index >= 15 is 0 Å². The summed E-state index contributed by atoms with van der Waals surface area (Å²) in [7, 11) is 0. The third-order valence-corrected chi connectivity index (χ3v) is 3.56. The normalized spacial score (nSPS) is 16.2. The number of carbonyl (C=O) groups excluding carboxylic acids is 1. The molecule has 1 aliphatic rings. The predicted octanol–water partition coefficient (Wildman–Crippen LogP) is 2.43. The SMILES string of the molecule is O=C(NCC1Cc2ccccc21)c1ccnc(F)c1F. The summed E-state index contributed by atoms with van der Waals surface area (Å²) in [6.07, 6.45) is 1.97. The molecule has 1 amide bonds. The number of aromatic nitrogens is 1. The molecule has 0 spiro atoms. The van der Waals surface area contributed by atoms with Crippen LogP contribution < -0.4 is 5.32 Å². The molecule has 2 aromatic rings. The van der Waals surface area contributed by atoms with E-state index in [9.17, 15) is 13.6 Å². The van der Waals surface area contributed by atoms with Crippen molar-refractivity contribution in [3.63, 3.8) is 0 Å². The number of pyridine rings is 1. The third-order valence-electron chi connectivity index (χ3n) is 3.56. The van der Waals surface area contributed by atoms with Gasteiger partial charge in [-0.05, 0) is 23.6 Å². The summed E-state index contributed by atoms with van der Waals surface area (Å²) in [5.41, 5.74) is 2.16. The van der Waals surface area contributed by atoms with Gasteiger partial charge in [-0.1, -0.05) is 24.3 Å². The molecule has 0 saturated heterocycles. The molecule has 0 radical (unpaired) electrons. The van der Waals surface area contributed by atoms with Gasteiger partial charge in [-0.2, -0.15) is 4.39 Å². The zero-order chi connectivity index (χ0) is 14.1. The summed E-state index contributed by atoms with van der Waals surface area (Å²) in [6.45, 7) is 0.416. The van der Waals surface area contributed by atoms with Crippen LogP contribution in [0.4, 0.5) is 8.78 Å². The van der Waals surface area contributed by atoms with Crippen LogP contribution in [0.25, 0.3) is 0 Å². The number of amides is 1. The maximum absolute atomic E-state index is 13.4. The van der Waals surface area contributed by atoms with Crippen LogP contribution in [0.5, 0.6) is 0 Å². The minimum Gasteiger partial charge on any atom is -0.351 e. The Labute approximate surface area is 114 Å². The molecule has 3 rings (SSSR count). The summed E-state index contributed by atoms with van der Waals surface area (Å²) in [5, 5.41) is 2.64. The summed E-state index contributed by atoms with van der Waals surface area (Å²) in [5.74, 6) is -2.84. The number of benzene rings is 1. The standard InChI is InChI=1S/C15H12F2N2O/c16-13-12(5-6-18-14(13)17)15(20)19-8-10-7-9-3-1-2-4-11(9)10/h1-6,10H,7-8H2,(H,19,20). The maximum Gasteiger partial charge on any atom is 0.254 e. The van der Waals surface area contributed by atoms with Gasteiger partial charge in [0.15, 0.2) is 5.82 Å². The van der Waals surface area contributed by atoms with Gasteiger partial charge in [-0.15, -0.1) is 0 Å². The molecule has 0 bridgehead atoms. The molecule has 102 valence electrons. The van der Waals surface area contributed by atoms with E-state index in [1.165, 1.54) is 17.2 Å². The molecule has 1 aliphatic carbocycles. The molecule has 0 saturated carbocycles. The Morgan fingerprint density at radius 3 is 2.90 bits per heavy atom. The van der Waals surface area contributed by atoms with E-state index in [0.717, 1.165) is 12.6 Å².